The summed E-state index contributed by atoms with van der Waals surface area (Å²) >= 11 is 6.70. The van der Waals surface area contributed by atoms with Crippen molar-refractivity contribution in [2.24, 2.45) is 0 Å². The lowest BCUT2D eigenvalue weighted by molar-refractivity contribution is 0.408. The van der Waals surface area contributed by atoms with Crippen LogP contribution in [0.1, 0.15) is 51.4 Å². The summed E-state index contributed by atoms with van der Waals surface area (Å²) in [5.74, 6) is 2.21. The summed E-state index contributed by atoms with van der Waals surface area (Å²) in [5.41, 5.74) is 5.30. The number of nitrogens with zero attached hydrogens (tertiary/aromatic N) is 4. The second-order valence-electron chi connectivity index (χ2n) is 11.3. The summed E-state index contributed by atoms with van der Waals surface area (Å²) in [5, 5.41) is 4.06. The van der Waals surface area contributed by atoms with Gasteiger partial charge in [0, 0.05) is 31.0 Å². The number of nitrogens with one attached hydrogen (secondary N) is 1. The third-order valence-corrected chi connectivity index (χ3v) is 7.38. The van der Waals surface area contributed by atoms with Gasteiger partial charge in [0.05, 0.1) is 18.3 Å². The van der Waals surface area contributed by atoms with Gasteiger partial charge in [-0.2, -0.15) is 4.98 Å². The molecule has 0 saturated carbocycles. The Bertz CT molecular complexity index is 1230. The smallest absolute Gasteiger partial charge is 0.227 e. The van der Waals surface area contributed by atoms with Gasteiger partial charge in [0.1, 0.15) is 10.8 Å². The van der Waals surface area contributed by atoms with Crippen molar-refractivity contribution in [1.29, 1.82) is 0 Å². The van der Waals surface area contributed by atoms with Crippen LogP contribution in [0, 0.1) is 13.8 Å². The van der Waals surface area contributed by atoms with Gasteiger partial charge in [-0.25, -0.2) is 4.98 Å². The second kappa shape index (κ2) is 9.81. The molecule has 0 aliphatic carbocycles. The van der Waals surface area contributed by atoms with Gasteiger partial charge < -0.3 is 19.9 Å². The van der Waals surface area contributed by atoms with E-state index in [4.69, 9.17) is 26.3 Å². The maximum absolute atomic E-state index is 6.70. The summed E-state index contributed by atoms with van der Waals surface area (Å²) in [6.45, 7) is 17.7. The maximum atomic E-state index is 6.70. The molecular weight excluding hydrogens is 470 g/mol. The zero-order valence-electron chi connectivity index (χ0n) is 22.7. The Morgan fingerprint density at radius 1 is 1.00 bits per heavy atom. The number of rotatable bonds is 5. The minimum Gasteiger partial charge on any atom is -0.497 e. The van der Waals surface area contributed by atoms with Crippen molar-refractivity contribution < 1.29 is 4.74 Å². The van der Waals surface area contributed by atoms with Crippen LogP contribution in [0.3, 0.4) is 0 Å². The topological polar surface area (TPSA) is 53.5 Å². The van der Waals surface area contributed by atoms with E-state index in [2.05, 4.69) is 87.0 Å². The zero-order valence-corrected chi connectivity index (χ0v) is 23.5. The van der Waals surface area contributed by atoms with E-state index in [0.717, 1.165) is 42.3 Å². The Morgan fingerprint density at radius 2 is 1.69 bits per heavy atom. The fraction of sp³-hybridized carbons (Fsp3) is 0.448. The summed E-state index contributed by atoms with van der Waals surface area (Å²) in [6.07, 6.45) is 0. The largest absolute Gasteiger partial charge is 0.497 e. The molecule has 2 aromatic carbocycles. The number of benzene rings is 2. The molecule has 1 N–H and O–H groups in total. The minimum atomic E-state index is -0.116. The van der Waals surface area contributed by atoms with E-state index in [-0.39, 0.29) is 11.0 Å². The quantitative estimate of drug-likeness (QED) is 0.405. The first-order valence-corrected chi connectivity index (χ1v) is 12.9. The fourth-order valence-corrected chi connectivity index (χ4v) is 4.82. The van der Waals surface area contributed by atoms with Crippen molar-refractivity contribution in [3.8, 4) is 5.75 Å². The molecule has 6 nitrogen and oxygen atoms in total. The van der Waals surface area contributed by atoms with Crippen molar-refractivity contribution >= 4 is 34.7 Å². The van der Waals surface area contributed by atoms with Gasteiger partial charge in [-0.1, -0.05) is 44.5 Å². The Kier molecular flexibility index (Phi) is 7.11. The van der Waals surface area contributed by atoms with Crippen molar-refractivity contribution in [3.63, 3.8) is 0 Å². The Morgan fingerprint density at radius 3 is 2.31 bits per heavy atom. The molecule has 1 fully saturated rings. The molecule has 0 atom stereocenters. The SMILES string of the molecule is COc1ccc(N2CCN(c3nc(C)c(Cl)c(Nc4cc(C(C)(C)C)ccc4C)n3)CC2(C)C)cc1. The molecule has 2 heterocycles. The average molecular weight is 508 g/mol. The normalized spacial score (nSPS) is 15.7. The van der Waals surface area contributed by atoms with Crippen LogP contribution in [-0.2, 0) is 5.41 Å². The molecule has 0 spiro atoms. The van der Waals surface area contributed by atoms with Crippen LogP contribution in [0.5, 0.6) is 5.75 Å². The van der Waals surface area contributed by atoms with Crippen LogP contribution >= 0.6 is 11.6 Å². The lowest BCUT2D eigenvalue weighted by Crippen LogP contribution is -2.60. The monoisotopic (exact) mass is 507 g/mol. The van der Waals surface area contributed by atoms with Gasteiger partial charge in [-0.15, -0.1) is 0 Å². The lowest BCUT2D eigenvalue weighted by atomic mass is 9.86. The number of methoxy groups -OCH3 is 1. The van der Waals surface area contributed by atoms with E-state index in [9.17, 15) is 0 Å². The molecule has 0 unspecified atom stereocenters. The average Bonchev–Trinajstić information content (AvgIpc) is 2.82. The third-order valence-electron chi connectivity index (χ3n) is 6.93. The highest BCUT2D eigenvalue weighted by Gasteiger charge is 2.35. The molecule has 7 heteroatoms. The molecule has 36 heavy (non-hydrogen) atoms. The van der Waals surface area contributed by atoms with E-state index < -0.39 is 0 Å². The van der Waals surface area contributed by atoms with Gasteiger partial charge in [-0.05, 0) is 74.6 Å². The van der Waals surface area contributed by atoms with Crippen LogP contribution < -0.4 is 19.9 Å². The Hall–Kier alpha value is -2.99. The van der Waals surface area contributed by atoms with Gasteiger partial charge in [0.15, 0.2) is 5.82 Å². The first-order valence-electron chi connectivity index (χ1n) is 12.5. The number of aromatic nitrogens is 2. The molecule has 1 aliphatic heterocycles. The number of halogens is 1. The Balaban J connectivity index is 1.60. The number of hydrogen-bond donors (Lipinski definition) is 1. The second-order valence-corrected chi connectivity index (χ2v) is 11.6. The fourth-order valence-electron chi connectivity index (χ4n) is 4.69. The molecule has 1 aliphatic rings. The third kappa shape index (κ3) is 5.39. The van der Waals surface area contributed by atoms with Crippen LogP contribution in [0.2, 0.25) is 5.02 Å². The molecule has 0 amide bonds. The van der Waals surface area contributed by atoms with Crippen molar-refractivity contribution in [2.75, 3.05) is 41.9 Å². The van der Waals surface area contributed by atoms with E-state index in [1.807, 2.05) is 19.1 Å². The number of ether oxygens (including phenoxy) is 1. The van der Waals surface area contributed by atoms with Gasteiger partial charge >= 0.3 is 0 Å². The zero-order chi connectivity index (χ0) is 26.3. The molecular formula is C29H38ClN5O. The highest BCUT2D eigenvalue weighted by Crippen LogP contribution is 2.34. The molecule has 192 valence electrons. The minimum absolute atomic E-state index is 0.0514. The molecule has 1 saturated heterocycles. The molecule has 0 radical (unpaired) electrons. The molecule has 3 aromatic rings. The summed E-state index contributed by atoms with van der Waals surface area (Å²) in [4.78, 5) is 14.4. The number of hydrogen-bond acceptors (Lipinski definition) is 6. The van der Waals surface area contributed by atoms with Crippen LogP contribution in [0.25, 0.3) is 0 Å². The summed E-state index contributed by atoms with van der Waals surface area (Å²) < 4.78 is 5.33. The molecule has 1 aromatic heterocycles. The molecule has 4 rings (SSSR count). The Labute approximate surface area is 220 Å². The summed E-state index contributed by atoms with van der Waals surface area (Å²) in [6, 6.07) is 14.8. The van der Waals surface area contributed by atoms with E-state index >= 15 is 0 Å². The number of aryl methyl sites for hydroxylation is 2. The predicted octanol–water partition coefficient (Wildman–Crippen LogP) is 6.90. The summed E-state index contributed by atoms with van der Waals surface area (Å²) in [7, 11) is 1.69. The van der Waals surface area contributed by atoms with Crippen molar-refractivity contribution in [2.45, 2.75) is 59.4 Å². The predicted molar refractivity (Wildman–Crippen MR) is 152 cm³/mol. The highest BCUT2D eigenvalue weighted by molar-refractivity contribution is 6.33. The van der Waals surface area contributed by atoms with E-state index in [1.165, 1.54) is 11.3 Å². The van der Waals surface area contributed by atoms with Gasteiger partial charge in [0.25, 0.3) is 0 Å². The molecule has 0 bridgehead atoms. The van der Waals surface area contributed by atoms with Gasteiger partial charge in [0.2, 0.25) is 5.95 Å². The van der Waals surface area contributed by atoms with Crippen molar-refractivity contribution in [1.82, 2.24) is 9.97 Å². The van der Waals surface area contributed by atoms with Gasteiger partial charge in [-0.3, -0.25) is 0 Å². The van der Waals surface area contributed by atoms with Crippen LogP contribution in [0.4, 0.5) is 23.1 Å². The van der Waals surface area contributed by atoms with E-state index in [0.29, 0.717) is 16.8 Å². The van der Waals surface area contributed by atoms with E-state index in [1.54, 1.807) is 7.11 Å². The van der Waals surface area contributed by atoms with Crippen molar-refractivity contribution in [3.05, 3.63) is 64.3 Å². The highest BCUT2D eigenvalue weighted by atomic mass is 35.5. The first kappa shape index (κ1) is 26.1. The number of anilines is 4. The van der Waals surface area contributed by atoms with Crippen LogP contribution in [-0.4, -0.2) is 42.3 Å². The first-order chi connectivity index (χ1) is 16.9. The number of piperazine rings is 1. The lowest BCUT2D eigenvalue weighted by Gasteiger charge is -2.48. The van der Waals surface area contributed by atoms with Crippen LogP contribution in [0.15, 0.2) is 42.5 Å². The maximum Gasteiger partial charge on any atom is 0.227 e. The standard InChI is InChI=1S/C29H38ClN5O/c1-19-9-10-21(28(3,4)5)17-24(19)32-26-25(30)20(2)31-27(33-26)34-15-16-35(29(6,7)18-34)22-11-13-23(36-8)14-12-22/h9-14,17H,15-16,18H2,1-8H3,(H,31,32,33).